The molecule has 1 amide bonds. The van der Waals surface area contributed by atoms with Crippen LogP contribution in [0.4, 0.5) is 0 Å². The molecule has 1 aromatic carbocycles. The number of pyridine rings is 1. The number of benzene rings is 1. The summed E-state index contributed by atoms with van der Waals surface area (Å²) in [6, 6.07) is 13.2. The Morgan fingerprint density at radius 3 is 2.53 bits per heavy atom. The summed E-state index contributed by atoms with van der Waals surface area (Å²) in [5.41, 5.74) is 7.17. The highest BCUT2D eigenvalue weighted by atomic mass is 16.5. The first kappa shape index (κ1) is 13.1. The quantitative estimate of drug-likeness (QED) is 0.890. The molecular formula is C15H16N2O2. The third kappa shape index (κ3) is 3.31. The molecule has 1 unspecified atom stereocenters. The highest BCUT2D eigenvalue weighted by Crippen LogP contribution is 2.27. The molecule has 0 aliphatic rings. The van der Waals surface area contributed by atoms with E-state index in [9.17, 15) is 4.79 Å². The first-order valence-electron chi connectivity index (χ1n) is 6.04. The molecule has 0 saturated heterocycles. The highest BCUT2D eigenvalue weighted by molar-refractivity contribution is 5.75. The molecule has 4 nitrogen and oxygen atoms in total. The van der Waals surface area contributed by atoms with Crippen LogP contribution in [0.5, 0.6) is 5.75 Å². The molecule has 4 heteroatoms. The summed E-state index contributed by atoms with van der Waals surface area (Å²) in [6.45, 7) is 0. The number of hydrogen-bond donors (Lipinski definition) is 1. The van der Waals surface area contributed by atoms with E-state index in [4.69, 9.17) is 10.5 Å². The van der Waals surface area contributed by atoms with E-state index in [2.05, 4.69) is 4.98 Å². The summed E-state index contributed by atoms with van der Waals surface area (Å²) in [5, 5.41) is 0. The molecule has 0 fully saturated rings. The summed E-state index contributed by atoms with van der Waals surface area (Å²) >= 11 is 0. The minimum absolute atomic E-state index is 0.121. The zero-order valence-electron chi connectivity index (χ0n) is 10.7. The smallest absolute Gasteiger partial charge is 0.218 e. The first-order valence-corrected chi connectivity index (χ1v) is 6.04. The Hall–Kier alpha value is -2.36. The molecule has 0 spiro atoms. The van der Waals surface area contributed by atoms with E-state index in [1.54, 1.807) is 13.3 Å². The van der Waals surface area contributed by atoms with Gasteiger partial charge in [0.2, 0.25) is 5.91 Å². The van der Waals surface area contributed by atoms with Gasteiger partial charge in [-0.25, -0.2) is 0 Å². The van der Waals surface area contributed by atoms with Crippen molar-refractivity contribution in [1.82, 2.24) is 4.98 Å². The number of carbonyl (C=O) groups is 1. The van der Waals surface area contributed by atoms with E-state index in [0.29, 0.717) is 0 Å². The number of primary amides is 1. The van der Waals surface area contributed by atoms with Crippen molar-refractivity contribution in [2.24, 2.45) is 5.73 Å². The van der Waals surface area contributed by atoms with Crippen molar-refractivity contribution in [2.45, 2.75) is 12.3 Å². The molecule has 1 heterocycles. The normalized spacial score (nSPS) is 11.8. The van der Waals surface area contributed by atoms with Crippen LogP contribution < -0.4 is 10.5 Å². The Balaban J connectivity index is 2.34. The molecular weight excluding hydrogens is 240 g/mol. The van der Waals surface area contributed by atoms with Crippen LogP contribution >= 0.6 is 0 Å². The van der Waals surface area contributed by atoms with Gasteiger partial charge in [-0.2, -0.15) is 0 Å². The van der Waals surface area contributed by atoms with Crippen LogP contribution in [0.15, 0.2) is 48.7 Å². The molecule has 2 rings (SSSR count). The van der Waals surface area contributed by atoms with Crippen molar-refractivity contribution in [3.63, 3.8) is 0 Å². The van der Waals surface area contributed by atoms with Crippen LogP contribution in [0.25, 0.3) is 0 Å². The van der Waals surface area contributed by atoms with Gasteiger partial charge in [0, 0.05) is 24.2 Å². The predicted molar refractivity (Wildman–Crippen MR) is 72.9 cm³/mol. The Kier molecular flexibility index (Phi) is 4.13. The van der Waals surface area contributed by atoms with Crippen molar-refractivity contribution >= 4 is 5.91 Å². The van der Waals surface area contributed by atoms with Crippen LogP contribution in [0, 0.1) is 0 Å². The van der Waals surface area contributed by atoms with Gasteiger partial charge in [0.1, 0.15) is 5.75 Å². The Morgan fingerprint density at radius 1 is 1.26 bits per heavy atom. The van der Waals surface area contributed by atoms with Crippen molar-refractivity contribution in [1.29, 1.82) is 0 Å². The number of nitrogens with zero attached hydrogens (tertiary/aromatic N) is 1. The SMILES string of the molecule is COc1ccc(C(CC(N)=O)c2ccccn2)cc1. The summed E-state index contributed by atoms with van der Waals surface area (Å²) in [6.07, 6.45) is 1.95. The second kappa shape index (κ2) is 6.00. The zero-order valence-corrected chi connectivity index (χ0v) is 10.7. The molecule has 1 atom stereocenters. The second-order valence-corrected chi connectivity index (χ2v) is 4.25. The van der Waals surface area contributed by atoms with E-state index in [-0.39, 0.29) is 18.2 Å². The van der Waals surface area contributed by atoms with Gasteiger partial charge < -0.3 is 10.5 Å². The average Bonchev–Trinajstić information content (AvgIpc) is 2.46. The molecule has 98 valence electrons. The van der Waals surface area contributed by atoms with Gasteiger partial charge in [0.05, 0.1) is 7.11 Å². The maximum absolute atomic E-state index is 11.2. The average molecular weight is 256 g/mol. The number of ether oxygens (including phenoxy) is 1. The molecule has 2 aromatic rings. The lowest BCUT2D eigenvalue weighted by Gasteiger charge is -2.15. The third-order valence-electron chi connectivity index (χ3n) is 2.97. The summed E-state index contributed by atoms with van der Waals surface area (Å²) in [5.74, 6) is 0.318. The Labute approximate surface area is 112 Å². The molecule has 0 bridgehead atoms. The molecule has 19 heavy (non-hydrogen) atoms. The first-order chi connectivity index (χ1) is 9.20. The van der Waals surface area contributed by atoms with Crippen LogP contribution in [0.3, 0.4) is 0 Å². The minimum atomic E-state index is -0.341. The number of rotatable bonds is 5. The van der Waals surface area contributed by atoms with Crippen molar-refractivity contribution in [3.05, 3.63) is 59.9 Å². The van der Waals surface area contributed by atoms with Gasteiger partial charge >= 0.3 is 0 Å². The zero-order chi connectivity index (χ0) is 13.7. The van der Waals surface area contributed by atoms with Gasteiger partial charge in [0.15, 0.2) is 0 Å². The highest BCUT2D eigenvalue weighted by Gasteiger charge is 2.17. The number of amides is 1. The summed E-state index contributed by atoms with van der Waals surface area (Å²) < 4.78 is 5.13. The van der Waals surface area contributed by atoms with E-state index in [1.165, 1.54) is 0 Å². The van der Waals surface area contributed by atoms with Crippen molar-refractivity contribution < 1.29 is 9.53 Å². The number of nitrogens with two attached hydrogens (primary N) is 1. The van der Waals surface area contributed by atoms with Crippen molar-refractivity contribution in [3.8, 4) is 5.75 Å². The fourth-order valence-electron chi connectivity index (χ4n) is 2.01. The number of aromatic nitrogens is 1. The van der Waals surface area contributed by atoms with Gasteiger partial charge in [0.25, 0.3) is 0 Å². The lowest BCUT2D eigenvalue weighted by molar-refractivity contribution is -0.118. The van der Waals surface area contributed by atoms with Gasteiger partial charge in [-0.05, 0) is 29.8 Å². The molecule has 1 aromatic heterocycles. The number of methoxy groups -OCH3 is 1. The van der Waals surface area contributed by atoms with Crippen LogP contribution in [0.1, 0.15) is 23.6 Å². The molecule has 0 radical (unpaired) electrons. The van der Waals surface area contributed by atoms with E-state index < -0.39 is 0 Å². The monoisotopic (exact) mass is 256 g/mol. The maximum Gasteiger partial charge on any atom is 0.218 e. The van der Waals surface area contributed by atoms with Crippen molar-refractivity contribution in [2.75, 3.05) is 7.11 Å². The van der Waals surface area contributed by atoms with Crippen LogP contribution in [-0.2, 0) is 4.79 Å². The fraction of sp³-hybridized carbons (Fsp3) is 0.200. The Bertz CT molecular complexity index is 538. The number of carbonyl (C=O) groups excluding carboxylic acids is 1. The largest absolute Gasteiger partial charge is 0.497 e. The van der Waals surface area contributed by atoms with Crippen LogP contribution in [0.2, 0.25) is 0 Å². The Morgan fingerprint density at radius 2 is 2.00 bits per heavy atom. The topological polar surface area (TPSA) is 65.2 Å². The van der Waals surface area contributed by atoms with Gasteiger partial charge in [-0.3, -0.25) is 9.78 Å². The standard InChI is InChI=1S/C15H16N2O2/c1-19-12-7-5-11(6-8-12)13(10-15(16)18)14-4-2-3-9-17-14/h2-9,13H,10H2,1H3,(H2,16,18). The molecule has 2 N–H and O–H groups in total. The van der Waals surface area contributed by atoms with E-state index in [1.807, 2.05) is 42.5 Å². The van der Waals surface area contributed by atoms with E-state index >= 15 is 0 Å². The minimum Gasteiger partial charge on any atom is -0.497 e. The fourth-order valence-corrected chi connectivity index (χ4v) is 2.01. The maximum atomic E-state index is 11.2. The molecule has 0 aliphatic carbocycles. The lowest BCUT2D eigenvalue weighted by atomic mass is 9.91. The second-order valence-electron chi connectivity index (χ2n) is 4.25. The molecule has 0 saturated carbocycles. The van der Waals surface area contributed by atoms with Gasteiger partial charge in [-0.1, -0.05) is 18.2 Å². The van der Waals surface area contributed by atoms with Gasteiger partial charge in [-0.15, -0.1) is 0 Å². The third-order valence-corrected chi connectivity index (χ3v) is 2.97. The van der Waals surface area contributed by atoms with E-state index in [0.717, 1.165) is 17.0 Å². The lowest BCUT2D eigenvalue weighted by Crippen LogP contribution is -2.16. The molecule has 0 aliphatic heterocycles. The van der Waals surface area contributed by atoms with Crippen LogP contribution in [-0.4, -0.2) is 18.0 Å². The predicted octanol–water partition coefficient (Wildman–Crippen LogP) is 2.10. The number of hydrogen-bond acceptors (Lipinski definition) is 3. The summed E-state index contributed by atoms with van der Waals surface area (Å²) in [4.78, 5) is 15.6. The summed E-state index contributed by atoms with van der Waals surface area (Å²) in [7, 11) is 1.62.